The molecule has 3 heterocycles. The summed E-state index contributed by atoms with van der Waals surface area (Å²) in [5.74, 6) is -3.46. The van der Waals surface area contributed by atoms with Crippen LogP contribution < -0.4 is 10.6 Å². The van der Waals surface area contributed by atoms with Crippen LogP contribution in [0.25, 0.3) is 11.1 Å². The minimum Gasteiger partial charge on any atom is -0.434 e. The molecule has 230 valence electrons. The van der Waals surface area contributed by atoms with Gasteiger partial charge in [0.2, 0.25) is 11.7 Å². The molecule has 2 N–H and O–H groups in total. The van der Waals surface area contributed by atoms with Crippen molar-refractivity contribution in [1.29, 1.82) is 0 Å². The van der Waals surface area contributed by atoms with Crippen molar-refractivity contribution >= 4 is 38.5 Å². The molecular weight excluding hydrogens is 594 g/mol. The van der Waals surface area contributed by atoms with E-state index >= 15 is 0 Å². The number of amides is 2. The number of carbonyl (C=O) groups is 3. The summed E-state index contributed by atoms with van der Waals surface area (Å²) < 4.78 is 32.3. The van der Waals surface area contributed by atoms with E-state index in [1.165, 1.54) is 24.5 Å². The van der Waals surface area contributed by atoms with E-state index < -0.39 is 51.0 Å². The van der Waals surface area contributed by atoms with Gasteiger partial charge in [-0.25, -0.2) is 13.4 Å². The van der Waals surface area contributed by atoms with Crippen LogP contribution in [-0.4, -0.2) is 58.8 Å². The maximum absolute atomic E-state index is 13.8. The molecule has 5 aromatic rings. The highest BCUT2D eigenvalue weighted by atomic mass is 32.2. The fourth-order valence-electron chi connectivity index (χ4n) is 4.77. The molecule has 0 spiro atoms. The van der Waals surface area contributed by atoms with Crippen LogP contribution in [-0.2, 0) is 26.8 Å². The van der Waals surface area contributed by atoms with Gasteiger partial charge in [-0.3, -0.25) is 24.4 Å². The molecule has 3 aromatic heterocycles. The Kier molecular flexibility index (Phi) is 9.73. The Morgan fingerprint density at radius 2 is 1.56 bits per heavy atom. The number of para-hydroxylation sites is 2. The SMILES string of the molecule is Cc1cccc(CS(=O)(=O)C[C@H](NC(=O)c2ccncc2)C(=O)N[C@@H](CCc2ccccc2)C(=O)c2nc3ccccc3o2)n1. The van der Waals surface area contributed by atoms with E-state index in [4.69, 9.17) is 4.42 Å². The third-order valence-electron chi connectivity index (χ3n) is 7.00. The minimum atomic E-state index is -3.97. The summed E-state index contributed by atoms with van der Waals surface area (Å²) in [5, 5.41) is 5.22. The van der Waals surface area contributed by atoms with Crippen LogP contribution in [0.1, 0.15) is 44.4 Å². The molecule has 0 bridgehead atoms. The second-order valence-electron chi connectivity index (χ2n) is 10.5. The summed E-state index contributed by atoms with van der Waals surface area (Å²) in [6, 6.07) is 21.5. The Morgan fingerprint density at radius 3 is 2.29 bits per heavy atom. The highest BCUT2D eigenvalue weighted by Gasteiger charge is 2.33. The van der Waals surface area contributed by atoms with E-state index in [9.17, 15) is 22.8 Å². The third kappa shape index (κ3) is 8.45. The smallest absolute Gasteiger partial charge is 0.266 e. The first-order valence-corrected chi connectivity index (χ1v) is 16.1. The summed E-state index contributed by atoms with van der Waals surface area (Å²) in [5.41, 5.74) is 2.95. The molecule has 0 aliphatic heterocycles. The zero-order valence-electron chi connectivity index (χ0n) is 24.4. The molecule has 0 saturated heterocycles. The molecule has 2 aromatic carbocycles. The summed E-state index contributed by atoms with van der Waals surface area (Å²) in [4.78, 5) is 53.0. The number of sulfone groups is 1. The van der Waals surface area contributed by atoms with Crippen LogP contribution in [0.4, 0.5) is 0 Å². The number of ketones is 1. The van der Waals surface area contributed by atoms with Gasteiger partial charge in [-0.2, -0.15) is 0 Å². The van der Waals surface area contributed by atoms with Gasteiger partial charge >= 0.3 is 0 Å². The topological polar surface area (TPSA) is 161 Å². The molecule has 11 nitrogen and oxygen atoms in total. The van der Waals surface area contributed by atoms with Gasteiger partial charge in [-0.1, -0.05) is 48.5 Å². The number of hydrogen-bond donors (Lipinski definition) is 2. The average Bonchev–Trinajstić information content (AvgIpc) is 3.47. The van der Waals surface area contributed by atoms with Gasteiger partial charge in [-0.15, -0.1) is 0 Å². The van der Waals surface area contributed by atoms with Crippen molar-refractivity contribution in [2.45, 2.75) is 37.6 Å². The number of hydrogen-bond acceptors (Lipinski definition) is 9. The fraction of sp³-hybridized carbons (Fsp3) is 0.212. The lowest BCUT2D eigenvalue weighted by molar-refractivity contribution is -0.123. The second kappa shape index (κ2) is 14.0. The van der Waals surface area contributed by atoms with Crippen molar-refractivity contribution in [3.8, 4) is 0 Å². The average molecular weight is 626 g/mol. The normalized spacial score (nSPS) is 12.7. The van der Waals surface area contributed by atoms with Crippen LogP contribution in [0.2, 0.25) is 0 Å². The number of benzene rings is 2. The summed E-state index contributed by atoms with van der Waals surface area (Å²) in [7, 11) is -3.97. The molecule has 0 radical (unpaired) electrons. The second-order valence-corrected chi connectivity index (χ2v) is 12.6. The molecule has 0 aliphatic carbocycles. The Hall–Kier alpha value is -5.23. The van der Waals surface area contributed by atoms with Crippen LogP contribution in [0.15, 0.2) is 102 Å². The number of nitrogens with one attached hydrogen (secondary N) is 2. The van der Waals surface area contributed by atoms with Crippen molar-refractivity contribution in [2.24, 2.45) is 0 Å². The van der Waals surface area contributed by atoms with Crippen molar-refractivity contribution in [1.82, 2.24) is 25.6 Å². The zero-order chi connectivity index (χ0) is 31.8. The van der Waals surface area contributed by atoms with E-state index in [1.54, 1.807) is 49.4 Å². The van der Waals surface area contributed by atoms with Gasteiger partial charge in [-0.05, 0) is 61.7 Å². The van der Waals surface area contributed by atoms with Gasteiger partial charge in [0.1, 0.15) is 11.6 Å². The van der Waals surface area contributed by atoms with Gasteiger partial charge in [0.25, 0.3) is 11.8 Å². The molecule has 45 heavy (non-hydrogen) atoms. The van der Waals surface area contributed by atoms with Crippen LogP contribution >= 0.6 is 0 Å². The van der Waals surface area contributed by atoms with Crippen molar-refractivity contribution in [3.05, 3.63) is 126 Å². The Labute approximate surface area is 260 Å². The van der Waals surface area contributed by atoms with E-state index in [0.717, 1.165) is 5.56 Å². The number of fused-ring (bicyclic) bond motifs is 1. The van der Waals surface area contributed by atoms with E-state index in [0.29, 0.717) is 28.9 Å². The maximum Gasteiger partial charge on any atom is 0.266 e. The number of aryl methyl sites for hydroxylation is 2. The Morgan fingerprint density at radius 1 is 0.822 bits per heavy atom. The first-order valence-electron chi connectivity index (χ1n) is 14.2. The first kappa shape index (κ1) is 31.2. The van der Waals surface area contributed by atoms with Crippen molar-refractivity contribution in [2.75, 3.05) is 5.75 Å². The van der Waals surface area contributed by atoms with Gasteiger partial charge in [0.15, 0.2) is 15.4 Å². The first-order chi connectivity index (χ1) is 21.7. The molecular formula is C33H31N5O6S. The standard InChI is InChI=1S/C33H31N5O6S/c1-22-8-7-11-25(35-22)20-45(42,43)21-28(37-31(40)24-16-18-34-19-17-24)32(41)36-27(15-14-23-9-3-2-4-10-23)30(39)33-38-26-12-5-6-13-29(26)44-33/h2-13,16-19,27-28H,14-15,20-21H2,1H3,(H,36,41)(H,37,40)/t27-,28-/m0/s1. The molecule has 0 aliphatic rings. The molecule has 0 saturated carbocycles. The molecule has 2 atom stereocenters. The number of rotatable bonds is 13. The molecule has 0 unspecified atom stereocenters. The lowest BCUT2D eigenvalue weighted by atomic mass is 10.0. The monoisotopic (exact) mass is 625 g/mol. The van der Waals surface area contributed by atoms with Crippen LogP contribution in [0.5, 0.6) is 0 Å². The maximum atomic E-state index is 13.8. The molecule has 2 amide bonds. The van der Waals surface area contributed by atoms with E-state index in [2.05, 4.69) is 25.6 Å². The number of aromatic nitrogens is 3. The predicted molar refractivity (Wildman–Crippen MR) is 167 cm³/mol. The number of oxazole rings is 1. The minimum absolute atomic E-state index is 0.165. The number of carbonyl (C=O) groups excluding carboxylic acids is 3. The summed E-state index contributed by atoms with van der Waals surface area (Å²) >= 11 is 0. The van der Waals surface area contributed by atoms with Crippen LogP contribution in [0, 0.1) is 6.92 Å². The van der Waals surface area contributed by atoms with Gasteiger partial charge in [0, 0.05) is 23.7 Å². The van der Waals surface area contributed by atoms with Crippen LogP contribution in [0.3, 0.4) is 0 Å². The lowest BCUT2D eigenvalue weighted by Gasteiger charge is -2.22. The van der Waals surface area contributed by atoms with E-state index in [-0.39, 0.29) is 17.9 Å². The number of nitrogens with zero attached hydrogens (tertiary/aromatic N) is 3. The lowest BCUT2D eigenvalue weighted by Crippen LogP contribution is -2.54. The highest BCUT2D eigenvalue weighted by molar-refractivity contribution is 7.90. The number of Topliss-reactive ketones (excluding diaryl/α,β-unsaturated/α-hetero) is 1. The highest BCUT2D eigenvalue weighted by Crippen LogP contribution is 2.18. The van der Waals surface area contributed by atoms with Crippen molar-refractivity contribution in [3.63, 3.8) is 0 Å². The fourth-order valence-corrected chi connectivity index (χ4v) is 6.24. The third-order valence-corrected chi connectivity index (χ3v) is 8.58. The Bertz CT molecular complexity index is 1880. The largest absolute Gasteiger partial charge is 0.434 e. The molecule has 12 heteroatoms. The summed E-state index contributed by atoms with van der Waals surface area (Å²) in [6.45, 7) is 1.74. The van der Waals surface area contributed by atoms with E-state index in [1.807, 2.05) is 30.3 Å². The summed E-state index contributed by atoms with van der Waals surface area (Å²) in [6.07, 6.45) is 3.40. The van der Waals surface area contributed by atoms with Crippen molar-refractivity contribution < 1.29 is 27.2 Å². The quantitative estimate of drug-likeness (QED) is 0.186. The van der Waals surface area contributed by atoms with Gasteiger partial charge in [0.05, 0.1) is 23.2 Å². The van der Waals surface area contributed by atoms with Gasteiger partial charge < -0.3 is 15.1 Å². The number of pyridine rings is 2. The predicted octanol–water partition coefficient (Wildman–Crippen LogP) is 3.64. The Balaban J connectivity index is 1.41. The molecule has 5 rings (SSSR count). The zero-order valence-corrected chi connectivity index (χ0v) is 25.2. The molecule has 0 fully saturated rings.